The van der Waals surface area contributed by atoms with E-state index in [1.165, 1.54) is 82.4 Å². The van der Waals surface area contributed by atoms with Crippen molar-refractivity contribution in [3.05, 3.63) is 0 Å². The predicted octanol–water partition coefficient (Wildman–Crippen LogP) is 7.65. The maximum atomic E-state index is 11.0. The Morgan fingerprint density at radius 2 is 0.967 bits per heavy atom. The molecule has 0 aromatic carbocycles. The average molecular weight is 429 g/mol. The molecule has 1 amide bonds. The third kappa shape index (κ3) is 18.1. The van der Waals surface area contributed by atoms with E-state index in [2.05, 4.69) is 47.0 Å². The molecule has 0 fully saturated rings. The summed E-state index contributed by atoms with van der Waals surface area (Å²) in [5.41, 5.74) is 1.76. The molecule has 0 saturated heterocycles. The number of nitrogens with zero attached hydrogens (tertiary/aromatic N) is 1. The molecule has 0 aromatic rings. The molecule has 0 atom stereocenters. The van der Waals surface area contributed by atoms with E-state index in [1.807, 2.05) is 0 Å². The molecule has 0 radical (unpaired) electrons. The Hall–Kier alpha value is -0.650. The zero-order chi connectivity index (χ0) is 22.7. The van der Waals surface area contributed by atoms with Crippen molar-refractivity contribution in [2.24, 2.45) is 0 Å². The lowest BCUT2D eigenvalue weighted by atomic mass is 9.99. The van der Waals surface area contributed by atoms with Crippen LogP contribution in [0.3, 0.4) is 0 Å². The molecule has 5 nitrogen and oxygen atoms in total. The fraction of sp³-hybridized carbons (Fsp3) is 0.960. The summed E-state index contributed by atoms with van der Waals surface area (Å²) in [6.07, 6.45) is 20.3. The topological polar surface area (TPSA) is 50.8 Å². The molecule has 0 aromatic heterocycles. The Labute approximate surface area is 187 Å². The zero-order valence-electron chi connectivity index (χ0n) is 21.1. The lowest BCUT2D eigenvalue weighted by molar-refractivity contribution is -0.452. The van der Waals surface area contributed by atoms with Crippen LogP contribution < -0.4 is 5.43 Å². The van der Waals surface area contributed by atoms with Crippen LogP contribution in [0, 0.1) is 0 Å². The monoisotopic (exact) mass is 428 g/mol. The molecule has 5 heteroatoms. The molecule has 0 spiro atoms. The van der Waals surface area contributed by atoms with E-state index in [9.17, 15) is 4.79 Å². The van der Waals surface area contributed by atoms with Crippen LogP contribution in [0.5, 0.6) is 0 Å². The molecule has 30 heavy (non-hydrogen) atoms. The fourth-order valence-electron chi connectivity index (χ4n) is 3.67. The summed E-state index contributed by atoms with van der Waals surface area (Å²) in [4.78, 5) is 23.0. The first-order valence-corrected chi connectivity index (χ1v) is 12.6. The number of amides is 1. The molecule has 0 bridgehead atoms. The lowest BCUT2D eigenvalue weighted by Crippen LogP contribution is -2.48. The summed E-state index contributed by atoms with van der Waals surface area (Å²) in [6.45, 7) is 12.7. The summed E-state index contributed by atoms with van der Waals surface area (Å²) in [7, 11) is 0. The van der Waals surface area contributed by atoms with Gasteiger partial charge >= 0.3 is 0 Å². The summed E-state index contributed by atoms with van der Waals surface area (Å²) in [5, 5.41) is 1.18. The highest BCUT2D eigenvalue weighted by Crippen LogP contribution is 2.25. The van der Waals surface area contributed by atoms with E-state index in [4.69, 9.17) is 9.68 Å². The van der Waals surface area contributed by atoms with Gasteiger partial charge in [0.25, 0.3) is 0 Å². The van der Waals surface area contributed by atoms with Crippen LogP contribution in [0.25, 0.3) is 0 Å². The first-order valence-electron chi connectivity index (χ1n) is 12.6. The van der Waals surface area contributed by atoms with Gasteiger partial charge in [-0.1, -0.05) is 104 Å². The quantitative estimate of drug-likeness (QED) is 0.109. The summed E-state index contributed by atoms with van der Waals surface area (Å²) < 4.78 is 0. The first kappa shape index (κ1) is 29.4. The highest BCUT2D eigenvalue weighted by Gasteiger charge is 2.28. The number of carbonyl (C=O) groups excluding carboxylic acids is 1. The second-order valence-electron chi connectivity index (χ2n) is 9.95. The minimum Gasteiger partial charge on any atom is -0.277 e. The van der Waals surface area contributed by atoms with Gasteiger partial charge in [0, 0.05) is 5.34 Å². The maximum absolute atomic E-state index is 11.0. The number of unbranched alkanes of at least 4 members (excludes halogenated alkanes) is 12. The van der Waals surface area contributed by atoms with Crippen molar-refractivity contribution in [1.29, 1.82) is 0 Å². The van der Waals surface area contributed by atoms with E-state index in [0.29, 0.717) is 6.41 Å². The number of carbonyl (C=O) groups is 1. The summed E-state index contributed by atoms with van der Waals surface area (Å²) in [6, 6.07) is 0. The van der Waals surface area contributed by atoms with Gasteiger partial charge in [-0.05, 0) is 40.5 Å². The van der Waals surface area contributed by atoms with Crippen molar-refractivity contribution in [2.45, 2.75) is 155 Å². The maximum Gasteiger partial charge on any atom is 0.225 e. The molecule has 1 N–H and O–H groups in total. The molecule has 0 aliphatic carbocycles. The Bertz CT molecular complexity index is 368. The van der Waals surface area contributed by atoms with E-state index in [-0.39, 0.29) is 0 Å². The molecule has 0 aliphatic rings. The zero-order valence-corrected chi connectivity index (χ0v) is 21.1. The highest BCUT2D eigenvalue weighted by molar-refractivity contribution is 5.44. The van der Waals surface area contributed by atoms with Crippen molar-refractivity contribution in [3.63, 3.8) is 0 Å². The molecular formula is C25H52N2O3. The summed E-state index contributed by atoms with van der Waals surface area (Å²) in [5.74, 6) is 0. The van der Waals surface area contributed by atoms with Gasteiger partial charge in [-0.15, -0.1) is 0 Å². The van der Waals surface area contributed by atoms with Gasteiger partial charge in [0.2, 0.25) is 6.41 Å². The number of hydrogen-bond acceptors (Lipinski definition) is 4. The second-order valence-corrected chi connectivity index (χ2v) is 9.95. The Morgan fingerprint density at radius 1 is 0.633 bits per heavy atom. The van der Waals surface area contributed by atoms with Crippen molar-refractivity contribution in [2.75, 3.05) is 0 Å². The SMILES string of the molecule is CCCCCCCCCC(C)(C)ON(NC=O)OC(C)(C)CCCCCCCCC. The largest absolute Gasteiger partial charge is 0.277 e. The molecular weight excluding hydrogens is 376 g/mol. The lowest BCUT2D eigenvalue weighted by Gasteiger charge is -2.35. The van der Waals surface area contributed by atoms with Gasteiger partial charge in [-0.3, -0.25) is 4.79 Å². The number of rotatable bonds is 22. The Balaban J connectivity index is 4.22. The number of hydrazine groups is 1. The van der Waals surface area contributed by atoms with Crippen LogP contribution in [0.2, 0.25) is 0 Å². The Morgan fingerprint density at radius 3 is 1.30 bits per heavy atom. The van der Waals surface area contributed by atoms with Crippen molar-refractivity contribution < 1.29 is 14.5 Å². The summed E-state index contributed by atoms with van der Waals surface area (Å²) >= 11 is 0. The van der Waals surface area contributed by atoms with Crippen molar-refractivity contribution in [3.8, 4) is 0 Å². The van der Waals surface area contributed by atoms with Crippen LogP contribution in [0.1, 0.15) is 144 Å². The smallest absolute Gasteiger partial charge is 0.225 e. The Kier molecular flexibility index (Phi) is 17.6. The van der Waals surface area contributed by atoms with E-state index in [1.54, 1.807) is 0 Å². The van der Waals surface area contributed by atoms with Crippen LogP contribution >= 0.6 is 0 Å². The molecule has 0 aliphatic heterocycles. The van der Waals surface area contributed by atoms with Crippen LogP contribution in [-0.4, -0.2) is 22.9 Å². The van der Waals surface area contributed by atoms with E-state index >= 15 is 0 Å². The van der Waals surface area contributed by atoms with Gasteiger partial charge in [-0.2, -0.15) is 0 Å². The van der Waals surface area contributed by atoms with E-state index < -0.39 is 11.2 Å². The average Bonchev–Trinajstić information content (AvgIpc) is 2.66. The van der Waals surface area contributed by atoms with Crippen LogP contribution in [-0.2, 0) is 14.5 Å². The molecule has 0 unspecified atom stereocenters. The van der Waals surface area contributed by atoms with Gasteiger partial charge in [0.15, 0.2) is 0 Å². The molecule has 0 heterocycles. The van der Waals surface area contributed by atoms with Gasteiger partial charge in [-0.25, -0.2) is 15.1 Å². The minimum atomic E-state index is -0.394. The minimum absolute atomic E-state index is 0.394. The van der Waals surface area contributed by atoms with Crippen molar-refractivity contribution in [1.82, 2.24) is 10.8 Å². The molecule has 0 saturated carbocycles. The molecule has 180 valence electrons. The van der Waals surface area contributed by atoms with Gasteiger partial charge in [0.05, 0.1) is 11.2 Å². The van der Waals surface area contributed by atoms with Crippen LogP contribution in [0.4, 0.5) is 0 Å². The number of nitrogens with one attached hydrogen (secondary N) is 1. The third-order valence-electron chi connectivity index (χ3n) is 5.58. The number of hydrogen-bond donors (Lipinski definition) is 1. The third-order valence-corrected chi connectivity index (χ3v) is 5.58. The van der Waals surface area contributed by atoms with Crippen LogP contribution in [0.15, 0.2) is 0 Å². The fourth-order valence-corrected chi connectivity index (χ4v) is 3.67. The molecule has 0 rings (SSSR count). The normalized spacial score (nSPS) is 12.5. The van der Waals surface area contributed by atoms with Crippen molar-refractivity contribution >= 4 is 6.41 Å². The second kappa shape index (κ2) is 18.0. The van der Waals surface area contributed by atoms with Gasteiger partial charge < -0.3 is 0 Å². The first-order chi connectivity index (χ1) is 14.3. The van der Waals surface area contributed by atoms with E-state index in [0.717, 1.165) is 25.7 Å². The standard InChI is InChI=1S/C25H52N2O3/c1-7-9-11-13-15-17-19-21-24(3,4)29-27(26-23-28)30-25(5,6)22-20-18-16-14-12-10-8-2/h23H,7-22H2,1-6H3,(H,26,28). The predicted molar refractivity (Wildman–Crippen MR) is 127 cm³/mol. The highest BCUT2D eigenvalue weighted by atomic mass is 17.0. The van der Waals surface area contributed by atoms with Gasteiger partial charge in [0.1, 0.15) is 0 Å².